The highest BCUT2D eigenvalue weighted by atomic mass is 32.1. The van der Waals surface area contributed by atoms with Crippen LogP contribution in [0.2, 0.25) is 0 Å². The molecule has 10 aromatic carbocycles. The second-order valence-electron chi connectivity index (χ2n) is 16.7. The van der Waals surface area contributed by atoms with Gasteiger partial charge >= 0.3 is 0 Å². The second-order valence-corrected chi connectivity index (χ2v) is 17.8. The Morgan fingerprint density at radius 1 is 0.354 bits per heavy atom. The summed E-state index contributed by atoms with van der Waals surface area (Å²) in [6, 6.07) is 78.4. The van der Waals surface area contributed by atoms with E-state index in [0.717, 1.165) is 99.9 Å². The Morgan fingerprint density at radius 2 is 0.908 bits per heavy atom. The number of aromatic nitrogens is 1. The van der Waals surface area contributed by atoms with Crippen molar-refractivity contribution in [2.45, 2.75) is 0 Å². The third-order valence-corrected chi connectivity index (χ3v) is 14.4. The molecule has 0 N–H and O–H groups in total. The first-order valence-corrected chi connectivity index (χ1v) is 22.8. The highest BCUT2D eigenvalue weighted by molar-refractivity contribution is 7.25. The van der Waals surface area contributed by atoms with Crippen LogP contribution in [0.3, 0.4) is 0 Å². The fourth-order valence-electron chi connectivity index (χ4n) is 10.4. The van der Waals surface area contributed by atoms with Crippen LogP contribution in [-0.4, -0.2) is 4.57 Å². The molecule has 5 heteroatoms. The van der Waals surface area contributed by atoms with Gasteiger partial charge in [-0.15, -0.1) is 11.3 Å². The third kappa shape index (κ3) is 5.37. The SMILES string of the molecule is c1ccc(N(c2ccc3c(oc4ccccc43)c2-c2ccccc2-n2c3ccccc3c3ccccc32)c2cccc3c2oc2ccccc23)c(-c2ccc3sc4ccccc4c3c2)c1. The minimum Gasteiger partial charge on any atom is -0.455 e. The molecule has 0 amide bonds. The lowest BCUT2D eigenvalue weighted by Crippen LogP contribution is -2.13. The zero-order valence-corrected chi connectivity index (χ0v) is 35.7. The van der Waals surface area contributed by atoms with Gasteiger partial charge in [0, 0.05) is 63.6 Å². The van der Waals surface area contributed by atoms with Crippen molar-refractivity contribution in [1.82, 2.24) is 4.57 Å². The second kappa shape index (κ2) is 14.1. The van der Waals surface area contributed by atoms with Gasteiger partial charge in [0.1, 0.15) is 16.7 Å². The summed E-state index contributed by atoms with van der Waals surface area (Å²) in [4.78, 5) is 2.42. The van der Waals surface area contributed by atoms with E-state index in [1.54, 1.807) is 0 Å². The summed E-state index contributed by atoms with van der Waals surface area (Å²) < 4.78 is 19.0. The number of hydrogen-bond donors (Lipinski definition) is 0. The molecular formula is C60H36N2O2S. The Morgan fingerprint density at radius 3 is 1.68 bits per heavy atom. The average molecular weight is 849 g/mol. The normalized spacial score (nSPS) is 12.0. The number of benzene rings is 10. The van der Waals surface area contributed by atoms with Crippen molar-refractivity contribution < 1.29 is 8.83 Å². The first kappa shape index (κ1) is 36.1. The smallest absolute Gasteiger partial charge is 0.159 e. The molecule has 0 saturated heterocycles. The number of hydrogen-bond acceptors (Lipinski definition) is 4. The minimum absolute atomic E-state index is 0.814. The van der Waals surface area contributed by atoms with Crippen molar-refractivity contribution >= 4 is 114 Å². The lowest BCUT2D eigenvalue weighted by molar-refractivity contribution is 0.668. The van der Waals surface area contributed by atoms with Crippen molar-refractivity contribution in [2.24, 2.45) is 0 Å². The van der Waals surface area contributed by atoms with Crippen LogP contribution in [0, 0.1) is 0 Å². The summed E-state index contributed by atoms with van der Waals surface area (Å²) >= 11 is 1.84. The van der Waals surface area contributed by atoms with Crippen LogP contribution >= 0.6 is 11.3 Å². The molecule has 0 aliphatic heterocycles. The summed E-state index contributed by atoms with van der Waals surface area (Å²) in [7, 11) is 0. The van der Waals surface area contributed by atoms with E-state index in [4.69, 9.17) is 8.83 Å². The highest BCUT2D eigenvalue weighted by Gasteiger charge is 2.29. The zero-order chi connectivity index (χ0) is 42.6. The summed E-state index contributed by atoms with van der Waals surface area (Å²) in [5.41, 5.74) is 13.9. The number of thiophene rings is 1. The van der Waals surface area contributed by atoms with Gasteiger partial charge in [0.2, 0.25) is 0 Å². The number of rotatable bonds is 6. The summed E-state index contributed by atoms with van der Waals surface area (Å²) in [6.45, 7) is 0. The predicted octanol–water partition coefficient (Wildman–Crippen LogP) is 17.8. The van der Waals surface area contributed by atoms with Crippen LogP contribution in [0.1, 0.15) is 0 Å². The number of nitrogens with zero attached hydrogens (tertiary/aromatic N) is 2. The predicted molar refractivity (Wildman–Crippen MR) is 274 cm³/mol. The van der Waals surface area contributed by atoms with Crippen LogP contribution in [0.4, 0.5) is 17.1 Å². The maximum atomic E-state index is 7.12. The van der Waals surface area contributed by atoms with Gasteiger partial charge in [-0.25, -0.2) is 0 Å². The fourth-order valence-corrected chi connectivity index (χ4v) is 11.5. The summed E-state index contributed by atoms with van der Waals surface area (Å²) in [5, 5.41) is 9.22. The Labute approximate surface area is 377 Å². The van der Waals surface area contributed by atoms with E-state index in [0.29, 0.717) is 0 Å². The Bertz CT molecular complexity index is 4170. The van der Waals surface area contributed by atoms with Gasteiger partial charge in [-0.1, -0.05) is 146 Å². The van der Waals surface area contributed by atoms with E-state index >= 15 is 0 Å². The monoisotopic (exact) mass is 848 g/mol. The van der Waals surface area contributed by atoms with E-state index in [1.807, 2.05) is 17.4 Å². The number of para-hydroxylation sites is 7. The van der Waals surface area contributed by atoms with Crippen molar-refractivity contribution in [2.75, 3.05) is 4.90 Å². The van der Waals surface area contributed by atoms with Gasteiger partial charge in [0.25, 0.3) is 0 Å². The molecule has 0 atom stereocenters. The zero-order valence-electron chi connectivity index (χ0n) is 34.9. The molecule has 0 radical (unpaired) electrons. The molecule has 4 heterocycles. The lowest BCUT2D eigenvalue weighted by atomic mass is 9.95. The molecule has 0 fully saturated rings. The maximum absolute atomic E-state index is 7.12. The number of anilines is 3. The third-order valence-electron chi connectivity index (χ3n) is 13.2. The molecule has 0 spiro atoms. The van der Waals surface area contributed by atoms with Gasteiger partial charge in [-0.3, -0.25) is 0 Å². The Kier molecular flexibility index (Phi) is 7.82. The molecule has 14 rings (SSSR count). The van der Waals surface area contributed by atoms with Crippen LogP contribution in [0.25, 0.3) is 114 Å². The highest BCUT2D eigenvalue weighted by Crippen LogP contribution is 2.52. The largest absolute Gasteiger partial charge is 0.455 e. The molecule has 0 unspecified atom stereocenters. The average Bonchev–Trinajstić information content (AvgIpc) is 4.13. The van der Waals surface area contributed by atoms with Gasteiger partial charge < -0.3 is 18.3 Å². The van der Waals surface area contributed by atoms with Crippen molar-refractivity contribution in [3.8, 4) is 27.9 Å². The Hall–Kier alpha value is -8.38. The van der Waals surface area contributed by atoms with E-state index in [1.165, 1.54) is 30.9 Å². The summed E-state index contributed by atoms with van der Waals surface area (Å²) in [5.74, 6) is 0. The first-order chi connectivity index (χ1) is 32.3. The molecule has 65 heavy (non-hydrogen) atoms. The van der Waals surface area contributed by atoms with Crippen LogP contribution in [0.15, 0.2) is 227 Å². The molecule has 304 valence electrons. The maximum Gasteiger partial charge on any atom is 0.159 e. The molecule has 0 aliphatic rings. The van der Waals surface area contributed by atoms with Crippen LogP contribution < -0.4 is 4.90 Å². The molecule has 0 bridgehead atoms. The molecular weight excluding hydrogens is 813 g/mol. The van der Waals surface area contributed by atoms with Gasteiger partial charge in [-0.05, 0) is 78.4 Å². The van der Waals surface area contributed by atoms with Crippen molar-refractivity contribution in [1.29, 1.82) is 0 Å². The quantitative estimate of drug-likeness (QED) is 0.167. The standard InChI is InChI=1S/C60H36N2O2S/c1-8-24-48(38(16-1)37-32-35-57-47(36-37)43-21-7-14-31-56(43)65-57)62(53-28-15-23-44-41-19-5-12-29-54(41)63-59(44)53)52-34-33-45-42-20-6-13-30-55(42)64-60(45)58(52)46-22-4-11-27-51(46)61-49-25-9-2-17-39(49)40-18-3-10-26-50(40)61/h1-36H. The first-order valence-electron chi connectivity index (χ1n) is 22.0. The van der Waals surface area contributed by atoms with Crippen LogP contribution in [-0.2, 0) is 0 Å². The fraction of sp³-hybridized carbons (Fsp3) is 0. The van der Waals surface area contributed by atoms with Crippen LogP contribution in [0.5, 0.6) is 0 Å². The molecule has 0 saturated carbocycles. The topological polar surface area (TPSA) is 34.5 Å². The van der Waals surface area contributed by atoms with Crippen molar-refractivity contribution in [3.05, 3.63) is 218 Å². The van der Waals surface area contributed by atoms with E-state index in [2.05, 4.69) is 222 Å². The minimum atomic E-state index is 0.814. The van der Waals surface area contributed by atoms with E-state index in [9.17, 15) is 0 Å². The lowest BCUT2D eigenvalue weighted by Gasteiger charge is -2.30. The van der Waals surface area contributed by atoms with Gasteiger partial charge in [0.15, 0.2) is 5.58 Å². The molecule has 4 nitrogen and oxygen atoms in total. The molecule has 0 aliphatic carbocycles. The number of fused-ring (bicyclic) bond motifs is 12. The van der Waals surface area contributed by atoms with E-state index < -0.39 is 0 Å². The number of furan rings is 2. The van der Waals surface area contributed by atoms with Crippen molar-refractivity contribution in [3.63, 3.8) is 0 Å². The van der Waals surface area contributed by atoms with E-state index in [-0.39, 0.29) is 0 Å². The molecule has 4 aromatic heterocycles. The summed E-state index contributed by atoms with van der Waals surface area (Å²) in [6.07, 6.45) is 0. The van der Waals surface area contributed by atoms with Gasteiger partial charge in [-0.2, -0.15) is 0 Å². The Balaban J connectivity index is 1.12. The molecule has 14 aromatic rings. The van der Waals surface area contributed by atoms with Gasteiger partial charge in [0.05, 0.1) is 39.3 Å².